The van der Waals surface area contributed by atoms with E-state index in [0.717, 1.165) is 11.9 Å². The molecule has 2 rings (SSSR count). The second-order valence-corrected chi connectivity index (χ2v) is 7.38. The minimum atomic E-state index is -3.18. The zero-order valence-electron chi connectivity index (χ0n) is 9.26. The number of amides is 1. The Morgan fingerprint density at radius 3 is 2.29 bits per heavy atom. The second-order valence-electron chi connectivity index (χ2n) is 4.07. The molecule has 1 saturated heterocycles. The van der Waals surface area contributed by atoms with E-state index in [-0.39, 0.29) is 15.6 Å². The van der Waals surface area contributed by atoms with Gasteiger partial charge in [-0.05, 0) is 24.3 Å². The second kappa shape index (κ2) is 4.42. The van der Waals surface area contributed by atoms with Crippen LogP contribution in [0.3, 0.4) is 0 Å². The number of hydrogen-bond acceptors (Lipinski definition) is 3. The smallest absolute Gasteiger partial charge is 0.228 e. The van der Waals surface area contributed by atoms with Crippen LogP contribution in [0.2, 0.25) is 0 Å². The van der Waals surface area contributed by atoms with Crippen LogP contribution >= 0.6 is 15.9 Å². The number of benzene rings is 1. The highest BCUT2D eigenvalue weighted by atomic mass is 79.9. The van der Waals surface area contributed by atoms with Crippen molar-refractivity contribution in [2.24, 2.45) is 0 Å². The normalized spacial score (nSPS) is 20.9. The molecule has 0 aliphatic carbocycles. The lowest BCUT2D eigenvalue weighted by Crippen LogP contribution is -2.24. The van der Waals surface area contributed by atoms with Crippen LogP contribution in [0.4, 0.5) is 5.69 Å². The molecule has 17 heavy (non-hydrogen) atoms. The van der Waals surface area contributed by atoms with Crippen molar-refractivity contribution in [1.29, 1.82) is 0 Å². The van der Waals surface area contributed by atoms with Crippen molar-refractivity contribution in [2.75, 3.05) is 17.7 Å². The molecule has 6 heteroatoms. The summed E-state index contributed by atoms with van der Waals surface area (Å²) >= 11 is 3.40. The molecule has 4 nitrogen and oxygen atoms in total. The number of carbonyl (C=O) groups is 1. The molecule has 1 amide bonds. The van der Waals surface area contributed by atoms with E-state index in [4.69, 9.17) is 0 Å². The Labute approximate surface area is 109 Å². The highest BCUT2D eigenvalue weighted by Gasteiger charge is 2.28. The average molecular weight is 318 g/mol. The number of carbonyl (C=O) groups excluding carboxylic acids is 1. The topological polar surface area (TPSA) is 54.5 Å². The summed E-state index contributed by atoms with van der Waals surface area (Å²) in [6.45, 7) is 0.622. The van der Waals surface area contributed by atoms with Gasteiger partial charge in [0, 0.05) is 29.7 Å². The average Bonchev–Trinajstić information content (AvgIpc) is 2.57. The Balaban J connectivity index is 2.28. The number of hydrogen-bond donors (Lipinski definition) is 0. The van der Waals surface area contributed by atoms with E-state index in [1.807, 2.05) is 0 Å². The Morgan fingerprint density at radius 2 is 1.88 bits per heavy atom. The lowest BCUT2D eigenvalue weighted by Gasteiger charge is -2.16. The highest BCUT2D eigenvalue weighted by molar-refractivity contribution is 9.09. The molecule has 1 aromatic carbocycles. The molecule has 1 atom stereocenters. The molecule has 0 bridgehead atoms. The fourth-order valence-electron chi connectivity index (χ4n) is 1.79. The van der Waals surface area contributed by atoms with Crippen LogP contribution in [0.1, 0.15) is 6.42 Å². The minimum absolute atomic E-state index is 0.0546. The molecule has 1 aromatic rings. The molecular formula is C11H12BrNO3S. The number of rotatable bonds is 2. The number of halogens is 1. The maximum absolute atomic E-state index is 11.6. The molecule has 0 saturated carbocycles. The fourth-order valence-corrected chi connectivity index (χ4v) is 2.98. The molecule has 0 aromatic heterocycles. The summed E-state index contributed by atoms with van der Waals surface area (Å²) < 4.78 is 22.6. The van der Waals surface area contributed by atoms with E-state index in [9.17, 15) is 13.2 Å². The van der Waals surface area contributed by atoms with Crippen LogP contribution in [0.5, 0.6) is 0 Å². The Morgan fingerprint density at radius 1 is 1.29 bits per heavy atom. The third-order valence-corrected chi connectivity index (χ3v) is 4.40. The summed E-state index contributed by atoms with van der Waals surface area (Å²) in [6.07, 6.45) is 1.64. The number of nitrogens with zero attached hydrogens (tertiary/aromatic N) is 1. The lowest BCUT2D eigenvalue weighted by atomic mass is 10.3. The first kappa shape index (κ1) is 12.6. The molecule has 0 N–H and O–H groups in total. The van der Waals surface area contributed by atoms with Crippen molar-refractivity contribution < 1.29 is 13.2 Å². The molecule has 92 valence electrons. The molecule has 1 unspecified atom stereocenters. The van der Waals surface area contributed by atoms with Gasteiger partial charge in [-0.1, -0.05) is 15.9 Å². The summed E-state index contributed by atoms with van der Waals surface area (Å²) in [6, 6.07) is 6.39. The van der Waals surface area contributed by atoms with Crippen molar-refractivity contribution in [3.05, 3.63) is 24.3 Å². The summed E-state index contributed by atoms with van der Waals surface area (Å²) in [5.41, 5.74) is 0.740. The SMILES string of the molecule is CS(=O)(=O)c1ccc(N2CC(Br)CC2=O)cc1. The third-order valence-electron chi connectivity index (χ3n) is 2.65. The molecular weight excluding hydrogens is 306 g/mol. The maximum atomic E-state index is 11.6. The van der Waals surface area contributed by atoms with Gasteiger partial charge in [0.05, 0.1) is 4.90 Å². The van der Waals surface area contributed by atoms with Crippen molar-refractivity contribution in [1.82, 2.24) is 0 Å². The maximum Gasteiger partial charge on any atom is 0.228 e. The molecule has 1 aliphatic rings. The number of sulfone groups is 1. The van der Waals surface area contributed by atoms with Crippen LogP contribution in [-0.2, 0) is 14.6 Å². The summed E-state index contributed by atoms with van der Waals surface area (Å²) in [5, 5.41) is 0. The van der Waals surface area contributed by atoms with E-state index in [0.29, 0.717) is 13.0 Å². The van der Waals surface area contributed by atoms with E-state index >= 15 is 0 Å². The first-order valence-corrected chi connectivity index (χ1v) is 7.93. The van der Waals surface area contributed by atoms with Gasteiger partial charge in [0.25, 0.3) is 0 Å². The fraction of sp³-hybridized carbons (Fsp3) is 0.364. The predicted molar refractivity (Wildman–Crippen MR) is 69.2 cm³/mol. The standard InChI is InChI=1S/C11H12BrNO3S/c1-17(15,16)10-4-2-9(3-5-10)13-7-8(12)6-11(13)14/h2-5,8H,6-7H2,1H3. The van der Waals surface area contributed by atoms with Crippen molar-refractivity contribution >= 4 is 37.4 Å². The zero-order valence-corrected chi connectivity index (χ0v) is 11.7. The van der Waals surface area contributed by atoms with Gasteiger partial charge in [-0.3, -0.25) is 4.79 Å². The minimum Gasteiger partial charge on any atom is -0.311 e. The van der Waals surface area contributed by atoms with Crippen molar-refractivity contribution in [2.45, 2.75) is 16.1 Å². The van der Waals surface area contributed by atoms with Gasteiger partial charge in [0.15, 0.2) is 9.84 Å². The van der Waals surface area contributed by atoms with E-state index in [1.165, 1.54) is 12.1 Å². The molecule has 1 heterocycles. The first-order valence-electron chi connectivity index (χ1n) is 5.12. The van der Waals surface area contributed by atoms with Crippen LogP contribution in [0.15, 0.2) is 29.2 Å². The zero-order chi connectivity index (χ0) is 12.6. The Kier molecular flexibility index (Phi) is 3.27. The summed E-state index contributed by atoms with van der Waals surface area (Å²) in [4.78, 5) is 13.7. The number of anilines is 1. The third kappa shape index (κ3) is 2.69. The van der Waals surface area contributed by atoms with Crippen LogP contribution in [-0.4, -0.2) is 32.0 Å². The van der Waals surface area contributed by atoms with Gasteiger partial charge in [-0.25, -0.2) is 8.42 Å². The highest BCUT2D eigenvalue weighted by Crippen LogP contribution is 2.26. The Hall–Kier alpha value is -0.880. The van der Waals surface area contributed by atoms with Gasteiger partial charge in [0.2, 0.25) is 5.91 Å². The largest absolute Gasteiger partial charge is 0.311 e. The lowest BCUT2D eigenvalue weighted by molar-refractivity contribution is -0.117. The van der Waals surface area contributed by atoms with Gasteiger partial charge >= 0.3 is 0 Å². The molecule has 1 aliphatic heterocycles. The van der Waals surface area contributed by atoms with Gasteiger partial charge in [-0.15, -0.1) is 0 Å². The molecule has 0 spiro atoms. The van der Waals surface area contributed by atoms with Crippen molar-refractivity contribution in [3.63, 3.8) is 0 Å². The monoisotopic (exact) mass is 317 g/mol. The van der Waals surface area contributed by atoms with E-state index in [2.05, 4.69) is 15.9 Å². The summed E-state index contributed by atoms with van der Waals surface area (Å²) in [5.74, 6) is 0.0546. The van der Waals surface area contributed by atoms with Crippen molar-refractivity contribution in [3.8, 4) is 0 Å². The van der Waals surface area contributed by atoms with Crippen LogP contribution in [0.25, 0.3) is 0 Å². The quantitative estimate of drug-likeness (QED) is 0.778. The summed E-state index contributed by atoms with van der Waals surface area (Å²) in [7, 11) is -3.18. The van der Waals surface area contributed by atoms with Gasteiger partial charge in [-0.2, -0.15) is 0 Å². The molecule has 0 radical (unpaired) electrons. The number of alkyl halides is 1. The van der Waals surface area contributed by atoms with Crippen LogP contribution < -0.4 is 4.90 Å². The van der Waals surface area contributed by atoms with E-state index in [1.54, 1.807) is 17.0 Å². The van der Waals surface area contributed by atoms with Crippen LogP contribution in [0, 0.1) is 0 Å². The molecule has 1 fully saturated rings. The predicted octanol–water partition coefficient (Wildman–Crippen LogP) is 1.59. The van der Waals surface area contributed by atoms with Gasteiger partial charge in [0.1, 0.15) is 0 Å². The van der Waals surface area contributed by atoms with E-state index < -0.39 is 9.84 Å². The van der Waals surface area contributed by atoms with Gasteiger partial charge < -0.3 is 4.90 Å². The Bertz CT molecular complexity index is 538. The first-order chi connectivity index (χ1) is 7.88.